The summed E-state index contributed by atoms with van der Waals surface area (Å²) in [5.41, 5.74) is 2.39. The predicted molar refractivity (Wildman–Crippen MR) is 85.5 cm³/mol. The molecule has 4 heteroatoms. The maximum absolute atomic E-state index is 3.98. The van der Waals surface area contributed by atoms with E-state index in [0.717, 1.165) is 17.6 Å². The Morgan fingerprint density at radius 1 is 1.05 bits per heavy atom. The summed E-state index contributed by atoms with van der Waals surface area (Å²) in [5.74, 6) is 0. The number of aromatic nitrogens is 2. The van der Waals surface area contributed by atoms with Crippen molar-refractivity contribution in [2.75, 3.05) is 5.33 Å². The van der Waals surface area contributed by atoms with Crippen molar-refractivity contribution >= 4 is 15.9 Å². The minimum Gasteiger partial charge on any atom is -1.00 e. The van der Waals surface area contributed by atoms with Gasteiger partial charge < -0.3 is 17.0 Å². The molecule has 112 valence electrons. The number of hydrogen-bond donors (Lipinski definition) is 0. The molecule has 0 aliphatic rings. The lowest BCUT2D eigenvalue weighted by molar-refractivity contribution is -0.699. The fourth-order valence-electron chi connectivity index (χ4n) is 1.36. The van der Waals surface area contributed by atoms with Crippen molar-refractivity contribution in [3.8, 4) is 0 Å². The van der Waals surface area contributed by atoms with E-state index >= 15 is 0 Å². The summed E-state index contributed by atoms with van der Waals surface area (Å²) >= 11 is 3.15. The molecule has 20 heavy (non-hydrogen) atoms. The largest absolute Gasteiger partial charge is 1.00 e. The number of hydrogen-bond acceptors (Lipinski definition) is 1. The quantitative estimate of drug-likeness (QED) is 0.514. The van der Waals surface area contributed by atoms with Gasteiger partial charge in [0.2, 0.25) is 0 Å². The second-order valence-electron chi connectivity index (χ2n) is 3.87. The molecular formula is C16H24Br2N2. The van der Waals surface area contributed by atoms with Crippen molar-refractivity contribution in [1.29, 1.82) is 0 Å². The number of rotatable bonds is 1. The van der Waals surface area contributed by atoms with Gasteiger partial charge in [0.25, 0.3) is 0 Å². The Balaban J connectivity index is 0. The van der Waals surface area contributed by atoms with E-state index in [1.54, 1.807) is 6.20 Å². The number of nitrogens with zero attached hydrogens (tertiary/aromatic N) is 2. The van der Waals surface area contributed by atoms with E-state index in [0.29, 0.717) is 0 Å². The Bertz CT molecular complexity index is 434. The van der Waals surface area contributed by atoms with Crippen LogP contribution in [-0.4, -0.2) is 10.3 Å². The van der Waals surface area contributed by atoms with Gasteiger partial charge >= 0.3 is 0 Å². The second-order valence-corrected chi connectivity index (χ2v) is 4.99. The lowest BCUT2D eigenvalue weighted by atomic mass is 10.4. The maximum Gasteiger partial charge on any atom is 0.178 e. The molecule has 0 saturated carbocycles. The van der Waals surface area contributed by atoms with Crippen LogP contribution >= 0.6 is 15.9 Å². The normalized spacial score (nSPS) is 8.25. The zero-order chi connectivity index (χ0) is 14.5. The zero-order valence-corrected chi connectivity index (χ0v) is 15.9. The minimum atomic E-state index is 0. The highest BCUT2D eigenvalue weighted by atomic mass is 79.9. The lowest BCUT2D eigenvalue weighted by Gasteiger charge is -1.92. The molecule has 2 heterocycles. The number of alkyl halides is 1. The molecule has 0 bridgehead atoms. The van der Waals surface area contributed by atoms with Crippen molar-refractivity contribution in [2.45, 2.75) is 34.2 Å². The van der Waals surface area contributed by atoms with Gasteiger partial charge in [0.1, 0.15) is 6.54 Å². The summed E-state index contributed by atoms with van der Waals surface area (Å²) < 4.78 is 2.21. The Kier molecular flexibility index (Phi) is 15.8. The van der Waals surface area contributed by atoms with E-state index in [9.17, 15) is 0 Å². The third kappa shape index (κ3) is 11.1. The van der Waals surface area contributed by atoms with Gasteiger partial charge in [-0.2, -0.15) is 0 Å². The van der Waals surface area contributed by atoms with Crippen LogP contribution in [0.25, 0.3) is 0 Å². The van der Waals surface area contributed by atoms with Gasteiger partial charge in [0, 0.05) is 36.3 Å². The molecule has 2 rings (SSSR count). The Morgan fingerprint density at radius 2 is 1.65 bits per heavy atom. The molecule has 0 unspecified atom stereocenters. The van der Waals surface area contributed by atoms with E-state index in [1.807, 2.05) is 32.0 Å². The zero-order valence-electron chi connectivity index (χ0n) is 12.7. The third-order valence-corrected chi connectivity index (χ3v) is 2.32. The van der Waals surface area contributed by atoms with Crippen molar-refractivity contribution in [1.82, 2.24) is 4.98 Å². The lowest BCUT2D eigenvalue weighted by Crippen LogP contribution is -3.00. The van der Waals surface area contributed by atoms with Crippen LogP contribution in [-0.2, 0) is 6.54 Å². The first-order chi connectivity index (χ1) is 9.15. The van der Waals surface area contributed by atoms with Crippen molar-refractivity contribution in [3.05, 3.63) is 60.2 Å². The van der Waals surface area contributed by atoms with Crippen molar-refractivity contribution < 1.29 is 21.5 Å². The SMILES string of the molecule is CCBr.CC[n+]1ccccc1C.Cc1ccccn1.[Br-]. The first-order valence-electron chi connectivity index (χ1n) is 6.54. The maximum atomic E-state index is 3.98. The molecule has 0 spiro atoms. The van der Waals surface area contributed by atoms with Crippen LogP contribution < -0.4 is 21.5 Å². The highest BCUT2D eigenvalue weighted by Gasteiger charge is 1.96. The van der Waals surface area contributed by atoms with E-state index in [1.165, 1.54) is 5.69 Å². The molecule has 0 saturated heterocycles. The summed E-state index contributed by atoms with van der Waals surface area (Å²) in [4.78, 5) is 3.98. The monoisotopic (exact) mass is 402 g/mol. The first-order valence-corrected chi connectivity index (χ1v) is 7.66. The average molecular weight is 404 g/mol. The Morgan fingerprint density at radius 3 is 1.95 bits per heavy atom. The summed E-state index contributed by atoms with van der Waals surface area (Å²) in [6, 6.07) is 12.1. The molecule has 2 nitrogen and oxygen atoms in total. The summed E-state index contributed by atoms with van der Waals surface area (Å²) in [7, 11) is 0. The number of pyridine rings is 2. The molecule has 0 aliphatic heterocycles. The molecule has 0 fully saturated rings. The van der Waals surface area contributed by atoms with Crippen molar-refractivity contribution in [2.24, 2.45) is 0 Å². The van der Waals surface area contributed by atoms with Crippen molar-refractivity contribution in [3.63, 3.8) is 0 Å². The predicted octanol–water partition coefficient (Wildman–Crippen LogP) is 1.10. The third-order valence-electron chi connectivity index (χ3n) is 2.32. The van der Waals surface area contributed by atoms with Crippen LogP contribution in [0.2, 0.25) is 0 Å². The smallest absolute Gasteiger partial charge is 0.178 e. The van der Waals surface area contributed by atoms with Gasteiger partial charge in [-0.1, -0.05) is 35.0 Å². The van der Waals surface area contributed by atoms with Gasteiger partial charge in [0.15, 0.2) is 11.9 Å². The summed E-state index contributed by atoms with van der Waals surface area (Å²) in [6.07, 6.45) is 3.88. The topological polar surface area (TPSA) is 16.8 Å². The van der Waals surface area contributed by atoms with E-state index in [-0.39, 0.29) is 17.0 Å². The van der Waals surface area contributed by atoms with Crippen LogP contribution in [0.15, 0.2) is 48.8 Å². The first kappa shape index (κ1) is 21.6. The van der Waals surface area contributed by atoms with Gasteiger partial charge in [0.05, 0.1) is 0 Å². The second kappa shape index (κ2) is 14.7. The standard InChI is InChI=1S/C8H12N.C6H7N.C2H5Br.BrH/c1-3-9-7-5-4-6-8(9)2;1-6-4-2-3-5-7-6;1-2-3;/h4-7H,3H2,1-2H3;2-5H,1H3;2H2,1H3;1H/q+1;;;/p-1. The Hall–Kier alpha value is -0.740. The minimum absolute atomic E-state index is 0. The van der Waals surface area contributed by atoms with Crippen LogP contribution in [0.5, 0.6) is 0 Å². The van der Waals surface area contributed by atoms with E-state index < -0.39 is 0 Å². The number of aryl methyl sites for hydroxylation is 3. The molecule has 0 radical (unpaired) electrons. The summed E-state index contributed by atoms with van der Waals surface area (Å²) in [6.45, 7) is 9.34. The highest BCUT2D eigenvalue weighted by molar-refractivity contribution is 9.09. The van der Waals surface area contributed by atoms with E-state index in [4.69, 9.17) is 0 Å². The molecule has 0 aliphatic carbocycles. The van der Waals surface area contributed by atoms with Gasteiger partial charge in [-0.05, 0) is 26.0 Å². The molecule has 0 atom stereocenters. The molecule has 2 aromatic heterocycles. The average Bonchev–Trinajstić information content (AvgIpc) is 2.42. The van der Waals surface area contributed by atoms with Crippen LogP contribution in [0.1, 0.15) is 25.2 Å². The fourth-order valence-corrected chi connectivity index (χ4v) is 1.36. The molecular weight excluding hydrogens is 380 g/mol. The molecule has 0 amide bonds. The number of halogens is 2. The summed E-state index contributed by atoms with van der Waals surface area (Å²) in [5, 5.41) is 1.06. The molecule has 0 N–H and O–H groups in total. The molecule has 2 aromatic rings. The van der Waals surface area contributed by atoms with Gasteiger partial charge in [-0.15, -0.1) is 0 Å². The Labute approximate surface area is 142 Å². The van der Waals surface area contributed by atoms with Gasteiger partial charge in [-0.25, -0.2) is 4.57 Å². The van der Waals surface area contributed by atoms with Crippen LogP contribution in [0.4, 0.5) is 0 Å². The highest BCUT2D eigenvalue weighted by Crippen LogP contribution is 1.86. The van der Waals surface area contributed by atoms with Crippen LogP contribution in [0.3, 0.4) is 0 Å². The fraction of sp³-hybridized carbons (Fsp3) is 0.375. The van der Waals surface area contributed by atoms with Gasteiger partial charge in [-0.3, -0.25) is 4.98 Å². The van der Waals surface area contributed by atoms with E-state index in [2.05, 4.69) is 63.7 Å². The molecule has 0 aromatic carbocycles. The van der Waals surface area contributed by atoms with Crippen LogP contribution in [0, 0.1) is 13.8 Å².